The Morgan fingerprint density at radius 1 is 0.480 bits per heavy atom. The second-order valence-corrected chi connectivity index (χ2v) is 11.6. The first kappa shape index (κ1) is 24.3. The van der Waals surface area contributed by atoms with Crippen molar-refractivity contribution in [1.82, 2.24) is 0 Å². The summed E-state index contributed by atoms with van der Waals surface area (Å²) in [6.07, 6.45) is 33.5. The fraction of sp³-hybridized carbons (Fsp3) is 0.833. The second-order valence-electron chi connectivity index (χ2n) is 7.82. The average molecular weight is 361 g/mol. The molecule has 0 bridgehead atoms. The van der Waals surface area contributed by atoms with Crippen LogP contribution < -0.4 is 0 Å². The van der Waals surface area contributed by atoms with Gasteiger partial charge in [-0.05, 0) is 12.1 Å². The van der Waals surface area contributed by atoms with Gasteiger partial charge in [0.05, 0.1) is 0 Å². The van der Waals surface area contributed by atoms with Crippen molar-refractivity contribution < 1.29 is 0 Å². The summed E-state index contributed by atoms with van der Waals surface area (Å²) in [6, 6.07) is 2.32. The normalized spacial score (nSPS) is 11.2. The third-order valence-corrected chi connectivity index (χ3v) is 8.99. The number of hydrogen-bond acceptors (Lipinski definition) is 0. The molecule has 0 aromatic rings. The standard InChI is InChI=1S/C24H44Si/c1-5-9-11-13-15-17-19-21-23-25(7-3,8-4)24-22-20-18-16-14-12-10-6-2/h3-4H,5-6,9-24H2,1-2H3. The Hall–Kier alpha value is -0.663. The first-order valence-electron chi connectivity index (χ1n) is 11.2. The average Bonchev–Trinajstić information content (AvgIpc) is 2.64. The van der Waals surface area contributed by atoms with E-state index in [1.165, 1.54) is 103 Å². The fourth-order valence-electron chi connectivity index (χ4n) is 3.58. The van der Waals surface area contributed by atoms with Crippen LogP contribution in [-0.2, 0) is 0 Å². The minimum atomic E-state index is -1.85. The predicted molar refractivity (Wildman–Crippen MR) is 118 cm³/mol. The Morgan fingerprint density at radius 3 is 1.04 bits per heavy atom. The van der Waals surface area contributed by atoms with Gasteiger partial charge in [-0.3, -0.25) is 0 Å². The molecule has 144 valence electrons. The maximum Gasteiger partial charge on any atom is 0.216 e. The lowest BCUT2D eigenvalue weighted by Crippen LogP contribution is -2.30. The highest BCUT2D eigenvalue weighted by atomic mass is 28.3. The van der Waals surface area contributed by atoms with Gasteiger partial charge in [0.2, 0.25) is 8.07 Å². The largest absolute Gasteiger partial charge is 0.216 e. The third-order valence-electron chi connectivity index (χ3n) is 5.47. The zero-order valence-corrected chi connectivity index (χ0v) is 18.4. The molecule has 0 spiro atoms. The van der Waals surface area contributed by atoms with Gasteiger partial charge in [0.15, 0.2) is 0 Å². The van der Waals surface area contributed by atoms with Crippen LogP contribution in [0.4, 0.5) is 0 Å². The monoisotopic (exact) mass is 360 g/mol. The quantitative estimate of drug-likeness (QED) is 0.132. The van der Waals surface area contributed by atoms with E-state index >= 15 is 0 Å². The van der Waals surface area contributed by atoms with Crippen LogP contribution in [0.5, 0.6) is 0 Å². The van der Waals surface area contributed by atoms with Gasteiger partial charge >= 0.3 is 0 Å². The Balaban J connectivity index is 3.75. The van der Waals surface area contributed by atoms with Gasteiger partial charge in [-0.2, -0.15) is 0 Å². The molecular weight excluding hydrogens is 316 g/mol. The Bertz CT molecular complexity index is 321. The van der Waals surface area contributed by atoms with Crippen molar-refractivity contribution in [1.29, 1.82) is 0 Å². The molecule has 0 aromatic heterocycles. The minimum absolute atomic E-state index is 1.16. The highest BCUT2D eigenvalue weighted by Crippen LogP contribution is 2.23. The van der Waals surface area contributed by atoms with E-state index in [9.17, 15) is 0 Å². The van der Waals surface area contributed by atoms with Gasteiger partial charge in [0.25, 0.3) is 0 Å². The van der Waals surface area contributed by atoms with Gasteiger partial charge in [-0.15, -0.1) is 23.9 Å². The first-order valence-corrected chi connectivity index (χ1v) is 13.6. The van der Waals surface area contributed by atoms with Gasteiger partial charge < -0.3 is 0 Å². The number of terminal acetylenes is 2. The lowest BCUT2D eigenvalue weighted by molar-refractivity contribution is 0.580. The van der Waals surface area contributed by atoms with Crippen LogP contribution in [0.1, 0.15) is 117 Å². The first-order chi connectivity index (χ1) is 12.2. The van der Waals surface area contributed by atoms with E-state index in [0.717, 1.165) is 12.1 Å². The van der Waals surface area contributed by atoms with Crippen molar-refractivity contribution in [3.05, 3.63) is 0 Å². The van der Waals surface area contributed by atoms with Crippen molar-refractivity contribution >= 4 is 8.07 Å². The van der Waals surface area contributed by atoms with Crippen molar-refractivity contribution in [2.75, 3.05) is 0 Å². The summed E-state index contributed by atoms with van der Waals surface area (Å²) in [7, 11) is -1.85. The van der Waals surface area contributed by atoms with Gasteiger partial charge in [0, 0.05) is 0 Å². The molecule has 0 radical (unpaired) electrons. The summed E-state index contributed by atoms with van der Waals surface area (Å²) in [4.78, 5) is 0. The number of unbranched alkanes of at least 4 members (excludes halogenated alkanes) is 14. The molecule has 1 heteroatoms. The molecule has 0 aliphatic rings. The van der Waals surface area contributed by atoms with E-state index in [-0.39, 0.29) is 0 Å². The van der Waals surface area contributed by atoms with Gasteiger partial charge in [0.1, 0.15) is 0 Å². The van der Waals surface area contributed by atoms with Gasteiger partial charge in [-0.1, -0.05) is 117 Å². The van der Waals surface area contributed by atoms with E-state index in [1.807, 2.05) is 0 Å². The van der Waals surface area contributed by atoms with Crippen LogP contribution in [0, 0.1) is 23.9 Å². The van der Waals surface area contributed by atoms with E-state index in [1.54, 1.807) is 0 Å². The molecule has 0 heterocycles. The highest BCUT2D eigenvalue weighted by molar-refractivity contribution is 6.94. The molecule has 0 aromatic carbocycles. The maximum absolute atomic E-state index is 5.88. The molecule has 0 aliphatic heterocycles. The van der Waals surface area contributed by atoms with Crippen LogP contribution in [0.25, 0.3) is 0 Å². The SMILES string of the molecule is C#C[Si](C#C)(CCCCCCCCCC)CCCCCCCCCC. The van der Waals surface area contributed by atoms with E-state index in [2.05, 4.69) is 24.9 Å². The van der Waals surface area contributed by atoms with Crippen molar-refractivity contribution in [3.63, 3.8) is 0 Å². The Morgan fingerprint density at radius 2 is 0.760 bits per heavy atom. The molecule has 0 atom stereocenters. The summed E-state index contributed by atoms with van der Waals surface area (Å²) in [5.41, 5.74) is 6.21. The summed E-state index contributed by atoms with van der Waals surface area (Å²) >= 11 is 0. The summed E-state index contributed by atoms with van der Waals surface area (Å²) in [6.45, 7) is 4.55. The van der Waals surface area contributed by atoms with E-state index < -0.39 is 8.07 Å². The molecule has 0 unspecified atom stereocenters. The van der Waals surface area contributed by atoms with Crippen LogP contribution in [-0.4, -0.2) is 8.07 Å². The predicted octanol–water partition coefficient (Wildman–Crippen LogP) is 8.06. The lowest BCUT2D eigenvalue weighted by atomic mass is 10.1. The summed E-state index contributed by atoms with van der Waals surface area (Å²) in [5, 5.41) is 0. The number of hydrogen-bond donors (Lipinski definition) is 0. The van der Waals surface area contributed by atoms with Crippen LogP contribution in [0.3, 0.4) is 0 Å². The second kappa shape index (κ2) is 18.1. The van der Waals surface area contributed by atoms with Crippen molar-refractivity contribution in [2.45, 2.75) is 129 Å². The Labute approximate surface area is 161 Å². The molecule has 0 nitrogen and oxygen atoms in total. The smallest absolute Gasteiger partial charge is 0.126 e. The van der Waals surface area contributed by atoms with Crippen LogP contribution >= 0.6 is 0 Å². The molecule has 0 fully saturated rings. The molecule has 0 rings (SSSR count). The maximum atomic E-state index is 5.88. The zero-order valence-electron chi connectivity index (χ0n) is 17.4. The third kappa shape index (κ3) is 14.2. The van der Waals surface area contributed by atoms with E-state index in [0.29, 0.717) is 0 Å². The highest BCUT2D eigenvalue weighted by Gasteiger charge is 2.27. The molecule has 0 N–H and O–H groups in total. The van der Waals surface area contributed by atoms with Crippen molar-refractivity contribution in [2.24, 2.45) is 0 Å². The molecule has 0 aliphatic carbocycles. The fourth-order valence-corrected chi connectivity index (χ4v) is 6.19. The van der Waals surface area contributed by atoms with Crippen LogP contribution in [0.2, 0.25) is 12.1 Å². The minimum Gasteiger partial charge on any atom is -0.126 e. The lowest BCUT2D eigenvalue weighted by Gasteiger charge is -2.19. The molecule has 0 saturated carbocycles. The molecular formula is C24H44Si. The topological polar surface area (TPSA) is 0 Å². The van der Waals surface area contributed by atoms with Crippen molar-refractivity contribution in [3.8, 4) is 23.9 Å². The molecule has 0 saturated heterocycles. The Kier molecular flexibility index (Phi) is 17.7. The van der Waals surface area contributed by atoms with E-state index in [4.69, 9.17) is 12.8 Å². The van der Waals surface area contributed by atoms with Crippen LogP contribution in [0.15, 0.2) is 0 Å². The summed E-state index contributed by atoms with van der Waals surface area (Å²) < 4.78 is 0. The van der Waals surface area contributed by atoms with Gasteiger partial charge in [-0.25, -0.2) is 0 Å². The molecule has 25 heavy (non-hydrogen) atoms. The summed E-state index contributed by atoms with van der Waals surface area (Å²) in [5.74, 6) is 0. The number of rotatable bonds is 18. The zero-order chi connectivity index (χ0) is 18.6. The molecule has 0 amide bonds.